The van der Waals surface area contributed by atoms with E-state index in [1.54, 1.807) is 24.5 Å². The maximum atomic E-state index is 12.1. The highest BCUT2D eigenvalue weighted by molar-refractivity contribution is 5.95. The van der Waals surface area contributed by atoms with Crippen LogP contribution in [0.25, 0.3) is 0 Å². The van der Waals surface area contributed by atoms with Gasteiger partial charge in [-0.3, -0.25) is 14.6 Å². The highest BCUT2D eigenvalue weighted by Crippen LogP contribution is 2.22. The predicted molar refractivity (Wildman–Crippen MR) is 95.0 cm³/mol. The summed E-state index contributed by atoms with van der Waals surface area (Å²) in [6.07, 6.45) is 3.44. The molecular weight excluding hydrogens is 302 g/mol. The maximum Gasteiger partial charge on any atom is 0.251 e. The van der Waals surface area contributed by atoms with Crippen molar-refractivity contribution < 1.29 is 9.59 Å². The van der Waals surface area contributed by atoms with E-state index in [1.807, 2.05) is 24.3 Å². The molecule has 5 nitrogen and oxygen atoms in total. The van der Waals surface area contributed by atoms with Gasteiger partial charge in [-0.1, -0.05) is 32.9 Å². The second-order valence-electron chi connectivity index (χ2n) is 6.62. The van der Waals surface area contributed by atoms with E-state index in [1.165, 1.54) is 5.56 Å². The normalized spacial score (nSPS) is 11.0. The Kier molecular flexibility index (Phi) is 5.68. The number of pyridine rings is 1. The molecule has 0 saturated carbocycles. The number of benzene rings is 1. The number of rotatable bonds is 5. The van der Waals surface area contributed by atoms with Gasteiger partial charge in [-0.25, -0.2) is 0 Å². The number of carbonyl (C=O) groups is 2. The number of nitrogens with zero attached hydrogens (tertiary/aromatic N) is 1. The van der Waals surface area contributed by atoms with Crippen LogP contribution in [0.1, 0.15) is 43.1 Å². The van der Waals surface area contributed by atoms with Gasteiger partial charge in [0.2, 0.25) is 5.91 Å². The van der Waals surface area contributed by atoms with Crippen molar-refractivity contribution >= 4 is 17.5 Å². The molecule has 1 aromatic heterocycles. The second kappa shape index (κ2) is 7.73. The Morgan fingerprint density at radius 3 is 2.21 bits per heavy atom. The van der Waals surface area contributed by atoms with Crippen LogP contribution in [0, 0.1) is 0 Å². The number of hydrogen-bond donors (Lipinski definition) is 2. The minimum Gasteiger partial charge on any atom is -0.352 e. The van der Waals surface area contributed by atoms with Gasteiger partial charge in [0, 0.05) is 36.6 Å². The van der Waals surface area contributed by atoms with E-state index in [0.717, 1.165) is 0 Å². The first-order valence-electron chi connectivity index (χ1n) is 7.95. The van der Waals surface area contributed by atoms with Crippen LogP contribution in [-0.2, 0) is 10.2 Å². The van der Waals surface area contributed by atoms with Crippen LogP contribution >= 0.6 is 0 Å². The van der Waals surface area contributed by atoms with E-state index in [0.29, 0.717) is 11.3 Å². The summed E-state index contributed by atoms with van der Waals surface area (Å²) in [6, 6.07) is 11.0. The molecule has 126 valence electrons. The number of amides is 2. The third-order valence-corrected chi connectivity index (χ3v) is 3.61. The predicted octanol–water partition coefficient (Wildman–Crippen LogP) is 3.14. The summed E-state index contributed by atoms with van der Waals surface area (Å²) in [6.45, 7) is 6.67. The molecule has 0 radical (unpaired) electrons. The van der Waals surface area contributed by atoms with Crippen LogP contribution < -0.4 is 10.6 Å². The Morgan fingerprint density at radius 2 is 1.62 bits per heavy atom. The van der Waals surface area contributed by atoms with E-state index in [2.05, 4.69) is 36.4 Å². The number of aromatic nitrogens is 1. The monoisotopic (exact) mass is 325 g/mol. The fraction of sp³-hybridized carbons (Fsp3) is 0.316. The zero-order chi connectivity index (χ0) is 17.6. The fourth-order valence-electron chi connectivity index (χ4n) is 2.17. The maximum absolute atomic E-state index is 12.1. The molecule has 2 aromatic rings. The topological polar surface area (TPSA) is 71.1 Å². The van der Waals surface area contributed by atoms with Gasteiger partial charge in [-0.15, -0.1) is 0 Å². The number of nitrogens with one attached hydrogen (secondary N) is 2. The first-order valence-corrected chi connectivity index (χ1v) is 7.95. The lowest BCUT2D eigenvalue weighted by Crippen LogP contribution is -2.27. The molecule has 1 heterocycles. The van der Waals surface area contributed by atoms with E-state index >= 15 is 0 Å². The molecule has 0 aliphatic heterocycles. The molecule has 0 bridgehead atoms. The van der Waals surface area contributed by atoms with Crippen molar-refractivity contribution in [2.45, 2.75) is 32.6 Å². The van der Waals surface area contributed by atoms with E-state index in [4.69, 9.17) is 0 Å². The lowest BCUT2D eigenvalue weighted by molar-refractivity contribution is -0.116. The lowest BCUT2D eigenvalue weighted by Gasteiger charge is -2.19. The van der Waals surface area contributed by atoms with Crippen molar-refractivity contribution in [1.29, 1.82) is 0 Å². The van der Waals surface area contributed by atoms with Gasteiger partial charge in [0.05, 0.1) is 0 Å². The standard InChI is InChI=1S/C19H23N3O2/c1-19(2,3)15-6-4-14(5-7-15)18(24)21-13-10-17(23)22-16-8-11-20-12-9-16/h4-9,11-12H,10,13H2,1-3H3,(H,21,24)(H,20,22,23). The van der Waals surface area contributed by atoms with Gasteiger partial charge in [0.1, 0.15) is 0 Å². The summed E-state index contributed by atoms with van der Waals surface area (Å²) in [5.74, 6) is -0.322. The van der Waals surface area contributed by atoms with Gasteiger partial charge >= 0.3 is 0 Å². The van der Waals surface area contributed by atoms with Crippen LogP contribution in [0.4, 0.5) is 5.69 Å². The average molecular weight is 325 g/mol. The average Bonchev–Trinajstić information content (AvgIpc) is 2.55. The first-order chi connectivity index (χ1) is 11.4. The van der Waals surface area contributed by atoms with E-state index in [9.17, 15) is 9.59 Å². The van der Waals surface area contributed by atoms with E-state index in [-0.39, 0.29) is 30.2 Å². The molecular formula is C19H23N3O2. The molecule has 0 aliphatic rings. The van der Waals surface area contributed by atoms with Crippen molar-refractivity contribution in [3.8, 4) is 0 Å². The van der Waals surface area contributed by atoms with E-state index < -0.39 is 0 Å². The molecule has 5 heteroatoms. The summed E-state index contributed by atoms with van der Waals surface area (Å²) in [5.41, 5.74) is 2.52. The highest BCUT2D eigenvalue weighted by Gasteiger charge is 2.14. The van der Waals surface area contributed by atoms with Gasteiger partial charge < -0.3 is 10.6 Å². The van der Waals surface area contributed by atoms with Crippen molar-refractivity contribution in [2.24, 2.45) is 0 Å². The molecule has 0 aliphatic carbocycles. The molecule has 2 rings (SSSR count). The molecule has 0 spiro atoms. The van der Waals surface area contributed by atoms with Gasteiger partial charge in [-0.05, 0) is 35.2 Å². The fourth-order valence-corrected chi connectivity index (χ4v) is 2.17. The van der Waals surface area contributed by atoms with Crippen LogP contribution in [-0.4, -0.2) is 23.3 Å². The van der Waals surface area contributed by atoms with Gasteiger partial charge in [0.15, 0.2) is 0 Å². The number of carbonyl (C=O) groups excluding carboxylic acids is 2. The number of anilines is 1. The van der Waals surface area contributed by atoms with Crippen molar-refractivity contribution in [2.75, 3.05) is 11.9 Å². The van der Waals surface area contributed by atoms with Crippen LogP contribution in [0.3, 0.4) is 0 Å². The molecule has 0 saturated heterocycles. The van der Waals surface area contributed by atoms with Gasteiger partial charge in [-0.2, -0.15) is 0 Å². The molecule has 1 aromatic carbocycles. The minimum absolute atomic E-state index is 0.0556. The minimum atomic E-state index is -0.174. The third-order valence-electron chi connectivity index (χ3n) is 3.61. The quantitative estimate of drug-likeness (QED) is 0.887. The van der Waals surface area contributed by atoms with Crippen molar-refractivity contribution in [3.63, 3.8) is 0 Å². The summed E-state index contributed by atoms with van der Waals surface area (Å²) in [7, 11) is 0. The Labute approximate surface area is 142 Å². The number of hydrogen-bond acceptors (Lipinski definition) is 3. The second-order valence-corrected chi connectivity index (χ2v) is 6.62. The summed E-state index contributed by atoms with van der Waals surface area (Å²) < 4.78 is 0. The van der Waals surface area contributed by atoms with Gasteiger partial charge in [0.25, 0.3) is 5.91 Å². The molecule has 0 unspecified atom stereocenters. The summed E-state index contributed by atoms with van der Waals surface area (Å²) in [4.78, 5) is 27.8. The Balaban J connectivity index is 1.80. The van der Waals surface area contributed by atoms with Crippen LogP contribution in [0.15, 0.2) is 48.8 Å². The molecule has 24 heavy (non-hydrogen) atoms. The highest BCUT2D eigenvalue weighted by atomic mass is 16.2. The largest absolute Gasteiger partial charge is 0.352 e. The molecule has 0 fully saturated rings. The molecule has 0 atom stereocenters. The zero-order valence-electron chi connectivity index (χ0n) is 14.3. The Bertz CT molecular complexity index is 689. The van der Waals surface area contributed by atoms with Crippen LogP contribution in [0.2, 0.25) is 0 Å². The Hall–Kier alpha value is -2.69. The smallest absolute Gasteiger partial charge is 0.251 e. The van der Waals surface area contributed by atoms with Crippen molar-refractivity contribution in [3.05, 3.63) is 59.9 Å². The summed E-state index contributed by atoms with van der Waals surface area (Å²) in [5, 5.41) is 5.51. The molecule has 2 amide bonds. The molecule has 2 N–H and O–H groups in total. The van der Waals surface area contributed by atoms with Crippen molar-refractivity contribution in [1.82, 2.24) is 10.3 Å². The lowest BCUT2D eigenvalue weighted by atomic mass is 9.87. The zero-order valence-corrected chi connectivity index (χ0v) is 14.3. The third kappa shape index (κ3) is 5.19. The summed E-state index contributed by atoms with van der Waals surface area (Å²) >= 11 is 0. The van der Waals surface area contributed by atoms with Crippen LogP contribution in [0.5, 0.6) is 0 Å². The SMILES string of the molecule is CC(C)(C)c1ccc(C(=O)NCCC(=O)Nc2ccncc2)cc1. The Morgan fingerprint density at radius 1 is 1.00 bits per heavy atom. The first kappa shape index (κ1) is 17.7.